The smallest absolute Gasteiger partial charge is 0.280 e. The van der Waals surface area contributed by atoms with Gasteiger partial charge in [-0.15, -0.1) is 12.4 Å². The van der Waals surface area contributed by atoms with Crippen molar-refractivity contribution < 1.29 is 4.74 Å². The van der Waals surface area contributed by atoms with Crippen LogP contribution in [0.5, 0.6) is 0 Å². The van der Waals surface area contributed by atoms with Gasteiger partial charge in [0.15, 0.2) is 5.82 Å². The maximum absolute atomic E-state index is 12.8. The van der Waals surface area contributed by atoms with Crippen LogP contribution in [0.2, 0.25) is 0 Å². The monoisotopic (exact) mass is 438 g/mol. The standard InChI is InChI=1S/C16H15BrN6O2.ClH/c17-12-5-11(7-18-8-12)13-9-21-23(16(13)24)15-6-14(19-10-20-15)22-1-3-25-4-2-22;/h5-10,21H,1-4H2;1H. The molecule has 136 valence electrons. The van der Waals surface area contributed by atoms with Gasteiger partial charge in [-0.3, -0.25) is 14.9 Å². The Kier molecular flexibility index (Phi) is 5.70. The van der Waals surface area contributed by atoms with Crippen LogP contribution in [-0.2, 0) is 4.74 Å². The summed E-state index contributed by atoms with van der Waals surface area (Å²) in [4.78, 5) is 27.5. The number of halogens is 2. The summed E-state index contributed by atoms with van der Waals surface area (Å²) in [5.74, 6) is 1.27. The molecule has 0 radical (unpaired) electrons. The van der Waals surface area contributed by atoms with Crippen LogP contribution in [0.25, 0.3) is 16.9 Å². The lowest BCUT2D eigenvalue weighted by Gasteiger charge is -2.27. The molecule has 0 aliphatic carbocycles. The SMILES string of the molecule is Cl.O=c1c(-c2cncc(Br)c2)c[nH]n1-c1cc(N2CCOCC2)ncn1. The van der Waals surface area contributed by atoms with Gasteiger partial charge in [0, 0.05) is 47.8 Å². The zero-order valence-electron chi connectivity index (χ0n) is 13.6. The van der Waals surface area contributed by atoms with Crippen LogP contribution in [0, 0.1) is 0 Å². The number of aromatic amines is 1. The lowest BCUT2D eigenvalue weighted by Crippen LogP contribution is -2.36. The molecule has 1 aliphatic heterocycles. The summed E-state index contributed by atoms with van der Waals surface area (Å²) in [5.41, 5.74) is 1.07. The van der Waals surface area contributed by atoms with Gasteiger partial charge in [0.2, 0.25) is 0 Å². The summed E-state index contributed by atoms with van der Waals surface area (Å²) in [6.07, 6.45) is 6.45. The van der Waals surface area contributed by atoms with Crippen LogP contribution >= 0.6 is 28.3 Å². The van der Waals surface area contributed by atoms with E-state index >= 15 is 0 Å². The third-order valence-corrected chi connectivity index (χ3v) is 4.42. The molecule has 4 rings (SSSR count). The third-order valence-electron chi connectivity index (χ3n) is 3.99. The molecule has 0 aromatic carbocycles. The van der Waals surface area contributed by atoms with Gasteiger partial charge < -0.3 is 9.64 Å². The summed E-state index contributed by atoms with van der Waals surface area (Å²) in [7, 11) is 0. The molecule has 1 N–H and O–H groups in total. The average Bonchev–Trinajstić information content (AvgIpc) is 3.04. The molecule has 10 heteroatoms. The number of hydrogen-bond acceptors (Lipinski definition) is 6. The number of rotatable bonds is 3. The molecule has 26 heavy (non-hydrogen) atoms. The molecule has 0 unspecified atom stereocenters. The second-order valence-corrected chi connectivity index (χ2v) is 6.47. The number of anilines is 1. The van der Waals surface area contributed by atoms with Crippen molar-refractivity contribution in [2.24, 2.45) is 0 Å². The van der Waals surface area contributed by atoms with E-state index in [0.717, 1.165) is 28.9 Å². The Morgan fingerprint density at radius 2 is 1.88 bits per heavy atom. The first kappa shape index (κ1) is 18.6. The van der Waals surface area contributed by atoms with E-state index in [4.69, 9.17) is 4.74 Å². The molecular formula is C16H16BrClN6O2. The molecule has 3 aromatic heterocycles. The number of nitrogens with one attached hydrogen (secondary N) is 1. The predicted octanol–water partition coefficient (Wildman–Crippen LogP) is 2.04. The van der Waals surface area contributed by atoms with Crippen LogP contribution in [0.1, 0.15) is 0 Å². The highest BCUT2D eigenvalue weighted by Gasteiger charge is 2.16. The fourth-order valence-corrected chi connectivity index (χ4v) is 3.10. The molecule has 1 aliphatic rings. The normalized spacial score (nSPS) is 14.1. The number of hydrogen-bond donors (Lipinski definition) is 1. The molecule has 0 atom stereocenters. The van der Waals surface area contributed by atoms with Crippen LogP contribution in [0.4, 0.5) is 5.82 Å². The Bertz CT molecular complexity index is 954. The van der Waals surface area contributed by atoms with Crippen LogP contribution < -0.4 is 10.5 Å². The highest BCUT2D eigenvalue weighted by Crippen LogP contribution is 2.19. The number of morpholine rings is 1. The summed E-state index contributed by atoms with van der Waals surface area (Å²) >= 11 is 3.37. The summed E-state index contributed by atoms with van der Waals surface area (Å²) < 4.78 is 7.58. The van der Waals surface area contributed by atoms with E-state index in [1.165, 1.54) is 11.0 Å². The van der Waals surface area contributed by atoms with Gasteiger partial charge in [0.1, 0.15) is 12.1 Å². The number of ether oxygens (including phenoxy) is 1. The van der Waals surface area contributed by atoms with E-state index in [9.17, 15) is 4.79 Å². The Labute approximate surface area is 163 Å². The maximum atomic E-state index is 12.8. The number of nitrogens with zero attached hydrogens (tertiary/aromatic N) is 5. The topological polar surface area (TPSA) is 88.9 Å². The Hall–Kier alpha value is -2.23. The van der Waals surface area contributed by atoms with Crippen molar-refractivity contribution in [2.75, 3.05) is 31.2 Å². The third kappa shape index (κ3) is 3.64. The minimum absolute atomic E-state index is 0. The minimum Gasteiger partial charge on any atom is -0.378 e. The van der Waals surface area contributed by atoms with Gasteiger partial charge >= 0.3 is 0 Å². The second kappa shape index (κ2) is 7.98. The van der Waals surface area contributed by atoms with Crippen molar-refractivity contribution in [3.05, 3.63) is 51.9 Å². The average molecular weight is 440 g/mol. The molecule has 0 amide bonds. The molecule has 0 bridgehead atoms. The van der Waals surface area contributed by atoms with Crippen LogP contribution in [0.3, 0.4) is 0 Å². The highest BCUT2D eigenvalue weighted by molar-refractivity contribution is 9.10. The summed E-state index contributed by atoms with van der Waals surface area (Å²) in [5, 5.41) is 2.97. The number of pyridine rings is 1. The van der Waals surface area contributed by atoms with Crippen LogP contribution in [-0.4, -0.2) is 51.0 Å². The van der Waals surface area contributed by atoms with E-state index in [1.807, 2.05) is 6.07 Å². The second-order valence-electron chi connectivity index (χ2n) is 5.55. The summed E-state index contributed by atoms with van der Waals surface area (Å²) in [6.45, 7) is 2.87. The molecule has 1 saturated heterocycles. The highest BCUT2D eigenvalue weighted by atomic mass is 79.9. The molecule has 1 fully saturated rings. The Balaban J connectivity index is 0.00000196. The van der Waals surface area contributed by atoms with Crippen molar-refractivity contribution >= 4 is 34.2 Å². The van der Waals surface area contributed by atoms with E-state index in [1.54, 1.807) is 24.7 Å². The molecular weight excluding hydrogens is 424 g/mol. The van der Waals surface area contributed by atoms with E-state index in [0.29, 0.717) is 24.6 Å². The van der Waals surface area contributed by atoms with Gasteiger partial charge in [0.05, 0.1) is 18.8 Å². The first-order valence-corrected chi connectivity index (χ1v) is 8.58. The van der Waals surface area contributed by atoms with E-state index < -0.39 is 0 Å². The number of H-pyrrole nitrogens is 1. The van der Waals surface area contributed by atoms with E-state index in [-0.39, 0.29) is 18.0 Å². The zero-order chi connectivity index (χ0) is 17.2. The molecule has 3 aromatic rings. The minimum atomic E-state index is -0.188. The van der Waals surface area contributed by atoms with Gasteiger partial charge in [-0.05, 0) is 22.0 Å². The molecule has 8 nitrogen and oxygen atoms in total. The van der Waals surface area contributed by atoms with Gasteiger partial charge in [0.25, 0.3) is 5.56 Å². The lowest BCUT2D eigenvalue weighted by atomic mass is 10.2. The molecule has 4 heterocycles. The largest absolute Gasteiger partial charge is 0.378 e. The molecule has 0 spiro atoms. The van der Waals surface area contributed by atoms with Gasteiger partial charge in [-0.25, -0.2) is 14.6 Å². The molecule has 0 saturated carbocycles. The first-order valence-electron chi connectivity index (χ1n) is 7.79. The van der Waals surface area contributed by atoms with Crippen molar-refractivity contribution in [3.63, 3.8) is 0 Å². The number of aromatic nitrogens is 5. The lowest BCUT2D eigenvalue weighted by molar-refractivity contribution is 0.122. The van der Waals surface area contributed by atoms with Gasteiger partial charge in [-0.2, -0.15) is 0 Å². The van der Waals surface area contributed by atoms with Crippen molar-refractivity contribution in [3.8, 4) is 16.9 Å². The predicted molar refractivity (Wildman–Crippen MR) is 103 cm³/mol. The van der Waals surface area contributed by atoms with Crippen molar-refractivity contribution in [1.29, 1.82) is 0 Å². The van der Waals surface area contributed by atoms with Crippen molar-refractivity contribution in [2.45, 2.75) is 0 Å². The fraction of sp³-hybridized carbons (Fsp3) is 0.250. The quantitative estimate of drug-likeness (QED) is 0.672. The fourth-order valence-electron chi connectivity index (χ4n) is 2.73. The Morgan fingerprint density at radius 3 is 2.65 bits per heavy atom. The summed E-state index contributed by atoms with van der Waals surface area (Å²) in [6, 6.07) is 3.65. The Morgan fingerprint density at radius 1 is 1.12 bits per heavy atom. The zero-order valence-corrected chi connectivity index (χ0v) is 16.0. The van der Waals surface area contributed by atoms with E-state index in [2.05, 4.69) is 40.9 Å². The maximum Gasteiger partial charge on any atom is 0.280 e. The van der Waals surface area contributed by atoms with Crippen molar-refractivity contribution in [1.82, 2.24) is 24.7 Å². The van der Waals surface area contributed by atoms with Crippen LogP contribution in [0.15, 0.2) is 46.3 Å². The first-order chi connectivity index (χ1) is 12.2. The van der Waals surface area contributed by atoms with Gasteiger partial charge in [-0.1, -0.05) is 0 Å².